The smallest absolute Gasteiger partial charge is 0.314 e. The molecule has 2 amide bonds. The second-order valence-electron chi connectivity index (χ2n) is 7.83. The average Bonchev–Trinajstić information content (AvgIpc) is 2.64. The van der Waals surface area contributed by atoms with Crippen molar-refractivity contribution in [1.82, 2.24) is 15.5 Å². The molecule has 1 aliphatic carbocycles. The van der Waals surface area contributed by atoms with Crippen LogP contribution in [0.1, 0.15) is 44.1 Å². The monoisotopic (exact) mass is 343 g/mol. The van der Waals surface area contributed by atoms with Gasteiger partial charge in [-0.2, -0.15) is 0 Å². The fraction of sp³-hybridized carbons (Fsp3) is 0.667. The molecule has 0 radical (unpaired) electrons. The first-order chi connectivity index (χ1) is 12.2. The van der Waals surface area contributed by atoms with Gasteiger partial charge in [-0.05, 0) is 56.0 Å². The van der Waals surface area contributed by atoms with E-state index in [1.165, 1.54) is 57.2 Å². The molecule has 1 saturated carbocycles. The van der Waals surface area contributed by atoms with Gasteiger partial charge in [0.25, 0.3) is 0 Å². The summed E-state index contributed by atoms with van der Waals surface area (Å²) in [6.45, 7) is 3.56. The third kappa shape index (κ3) is 5.46. The first kappa shape index (κ1) is 18.2. The van der Waals surface area contributed by atoms with Crippen molar-refractivity contribution in [3.05, 3.63) is 35.9 Å². The van der Waals surface area contributed by atoms with Crippen molar-refractivity contribution in [3.8, 4) is 0 Å². The van der Waals surface area contributed by atoms with E-state index in [0.717, 1.165) is 18.9 Å². The molecule has 1 aromatic rings. The van der Waals surface area contributed by atoms with E-state index in [2.05, 4.69) is 45.9 Å². The van der Waals surface area contributed by atoms with E-state index in [-0.39, 0.29) is 6.03 Å². The summed E-state index contributed by atoms with van der Waals surface area (Å²) in [4.78, 5) is 14.4. The molecule has 2 aliphatic rings. The molecule has 4 nitrogen and oxygen atoms in total. The molecule has 25 heavy (non-hydrogen) atoms. The summed E-state index contributed by atoms with van der Waals surface area (Å²) in [5, 5.41) is 5.89. The topological polar surface area (TPSA) is 44.4 Å². The number of amides is 2. The summed E-state index contributed by atoms with van der Waals surface area (Å²) in [6.07, 6.45) is 8.75. The minimum Gasteiger partial charge on any atom is -0.341 e. The fourth-order valence-electron chi connectivity index (χ4n) is 4.62. The number of rotatable bonds is 5. The molecule has 3 rings (SSSR count). The van der Waals surface area contributed by atoms with Crippen LogP contribution in [-0.2, 0) is 6.42 Å². The van der Waals surface area contributed by atoms with Crippen molar-refractivity contribution < 1.29 is 4.79 Å². The van der Waals surface area contributed by atoms with Crippen LogP contribution < -0.4 is 10.6 Å². The number of hydrogen-bond acceptors (Lipinski definition) is 2. The highest BCUT2D eigenvalue weighted by molar-refractivity contribution is 5.73. The first-order valence-electron chi connectivity index (χ1n) is 9.99. The zero-order chi connectivity index (χ0) is 17.5. The minimum absolute atomic E-state index is 0.0301. The Balaban J connectivity index is 1.53. The molecular weight excluding hydrogens is 310 g/mol. The van der Waals surface area contributed by atoms with Gasteiger partial charge in [-0.25, -0.2) is 4.79 Å². The Morgan fingerprint density at radius 2 is 1.92 bits per heavy atom. The minimum atomic E-state index is -0.0301. The maximum atomic E-state index is 11.7. The van der Waals surface area contributed by atoms with E-state index >= 15 is 0 Å². The fourth-order valence-corrected chi connectivity index (χ4v) is 4.62. The van der Waals surface area contributed by atoms with Crippen LogP contribution in [0.15, 0.2) is 30.3 Å². The largest absolute Gasteiger partial charge is 0.341 e. The standard InChI is InChI=1S/C21H33N3O/c1-22-21(25)23-20-12-6-5-11-19(20)16-24-13-7-10-18(15-24)14-17-8-3-2-4-9-17/h2-4,8-9,18-20H,5-7,10-16H2,1H3,(H2,22,23,25). The molecule has 0 aromatic heterocycles. The number of nitrogens with one attached hydrogen (secondary N) is 2. The number of urea groups is 1. The summed E-state index contributed by atoms with van der Waals surface area (Å²) in [7, 11) is 1.70. The molecular formula is C21H33N3O. The average molecular weight is 344 g/mol. The maximum absolute atomic E-state index is 11.7. The molecule has 0 bridgehead atoms. The van der Waals surface area contributed by atoms with Gasteiger partial charge in [0.05, 0.1) is 0 Å². The van der Waals surface area contributed by atoms with E-state index in [9.17, 15) is 4.79 Å². The lowest BCUT2D eigenvalue weighted by atomic mass is 9.83. The molecule has 2 N–H and O–H groups in total. The highest BCUT2D eigenvalue weighted by atomic mass is 16.2. The third-order valence-corrected chi connectivity index (χ3v) is 5.92. The van der Waals surface area contributed by atoms with E-state index < -0.39 is 0 Å². The van der Waals surface area contributed by atoms with E-state index in [1.807, 2.05) is 0 Å². The molecule has 3 atom stereocenters. The van der Waals surface area contributed by atoms with Gasteiger partial charge in [0.2, 0.25) is 0 Å². The summed E-state index contributed by atoms with van der Waals surface area (Å²) >= 11 is 0. The molecule has 4 heteroatoms. The van der Waals surface area contributed by atoms with Gasteiger partial charge in [0.15, 0.2) is 0 Å². The molecule has 2 fully saturated rings. The quantitative estimate of drug-likeness (QED) is 0.860. The first-order valence-corrected chi connectivity index (χ1v) is 9.99. The highest BCUT2D eigenvalue weighted by Crippen LogP contribution is 2.28. The van der Waals surface area contributed by atoms with Crippen LogP contribution in [-0.4, -0.2) is 43.7 Å². The van der Waals surface area contributed by atoms with E-state index in [0.29, 0.717) is 12.0 Å². The van der Waals surface area contributed by atoms with Crippen LogP contribution in [0.2, 0.25) is 0 Å². The van der Waals surface area contributed by atoms with Gasteiger partial charge in [0, 0.05) is 26.2 Å². The van der Waals surface area contributed by atoms with E-state index in [4.69, 9.17) is 0 Å². The molecule has 1 heterocycles. The molecule has 1 saturated heterocycles. The van der Waals surface area contributed by atoms with Crippen LogP contribution >= 0.6 is 0 Å². The Labute approximate surface area is 152 Å². The van der Waals surface area contributed by atoms with Gasteiger partial charge >= 0.3 is 6.03 Å². The SMILES string of the molecule is CNC(=O)NC1CCCCC1CN1CCCC(Cc2ccccc2)C1. The Hall–Kier alpha value is -1.55. The number of carbonyl (C=O) groups excluding carboxylic acids is 1. The molecule has 3 unspecified atom stereocenters. The number of benzene rings is 1. The number of hydrogen-bond donors (Lipinski definition) is 2. The second-order valence-corrected chi connectivity index (χ2v) is 7.83. The Kier molecular flexibility index (Phi) is 6.74. The lowest BCUT2D eigenvalue weighted by molar-refractivity contribution is 0.122. The summed E-state index contributed by atoms with van der Waals surface area (Å²) in [5.74, 6) is 1.37. The van der Waals surface area contributed by atoms with Crippen molar-refractivity contribution in [1.29, 1.82) is 0 Å². The second kappa shape index (κ2) is 9.23. The summed E-state index contributed by atoms with van der Waals surface area (Å²) < 4.78 is 0. The van der Waals surface area contributed by atoms with Crippen molar-refractivity contribution in [2.75, 3.05) is 26.7 Å². The summed E-state index contributed by atoms with van der Waals surface area (Å²) in [6, 6.07) is 11.2. The van der Waals surface area contributed by atoms with E-state index in [1.54, 1.807) is 7.05 Å². The Morgan fingerprint density at radius 3 is 2.72 bits per heavy atom. The Morgan fingerprint density at radius 1 is 1.12 bits per heavy atom. The predicted octanol–water partition coefficient (Wildman–Crippen LogP) is 3.43. The van der Waals surface area contributed by atoms with Crippen LogP contribution in [0.5, 0.6) is 0 Å². The lowest BCUT2D eigenvalue weighted by Crippen LogP contribution is -2.50. The van der Waals surface area contributed by atoms with Crippen LogP contribution in [0, 0.1) is 11.8 Å². The lowest BCUT2D eigenvalue weighted by Gasteiger charge is -2.39. The highest BCUT2D eigenvalue weighted by Gasteiger charge is 2.29. The number of nitrogens with zero attached hydrogens (tertiary/aromatic N) is 1. The normalized spacial score (nSPS) is 27.6. The van der Waals surface area contributed by atoms with Crippen molar-refractivity contribution in [2.45, 2.75) is 51.0 Å². The zero-order valence-corrected chi connectivity index (χ0v) is 15.5. The Bertz CT molecular complexity index is 533. The van der Waals surface area contributed by atoms with Crippen molar-refractivity contribution in [3.63, 3.8) is 0 Å². The number of carbonyl (C=O) groups is 1. The van der Waals surface area contributed by atoms with Crippen LogP contribution in [0.4, 0.5) is 4.79 Å². The molecule has 1 aromatic carbocycles. The molecule has 1 aliphatic heterocycles. The van der Waals surface area contributed by atoms with Crippen molar-refractivity contribution >= 4 is 6.03 Å². The number of piperidine rings is 1. The number of likely N-dealkylation sites (tertiary alicyclic amines) is 1. The maximum Gasteiger partial charge on any atom is 0.314 e. The third-order valence-electron chi connectivity index (χ3n) is 5.92. The predicted molar refractivity (Wildman–Crippen MR) is 103 cm³/mol. The summed E-state index contributed by atoms with van der Waals surface area (Å²) in [5.41, 5.74) is 1.46. The van der Waals surface area contributed by atoms with Gasteiger partial charge in [0.1, 0.15) is 0 Å². The van der Waals surface area contributed by atoms with Gasteiger partial charge in [-0.1, -0.05) is 43.2 Å². The molecule has 0 spiro atoms. The van der Waals surface area contributed by atoms with Crippen LogP contribution in [0.25, 0.3) is 0 Å². The van der Waals surface area contributed by atoms with Gasteiger partial charge < -0.3 is 15.5 Å². The molecule has 138 valence electrons. The van der Waals surface area contributed by atoms with Gasteiger partial charge in [-0.15, -0.1) is 0 Å². The van der Waals surface area contributed by atoms with Crippen LogP contribution in [0.3, 0.4) is 0 Å². The van der Waals surface area contributed by atoms with Gasteiger partial charge in [-0.3, -0.25) is 0 Å². The van der Waals surface area contributed by atoms with Crippen molar-refractivity contribution in [2.24, 2.45) is 11.8 Å². The zero-order valence-electron chi connectivity index (χ0n) is 15.5.